The van der Waals surface area contributed by atoms with Crippen molar-refractivity contribution in [1.29, 1.82) is 0 Å². The van der Waals surface area contributed by atoms with Crippen molar-refractivity contribution in [1.82, 2.24) is 5.32 Å². The zero-order valence-corrected chi connectivity index (χ0v) is 12.5. The van der Waals surface area contributed by atoms with Gasteiger partial charge in [-0.05, 0) is 35.7 Å². The molecular weight excluding hydrogens is 299 g/mol. The Balaban J connectivity index is 2.30. The molecular formula is C13H15FN2O2S2. The lowest BCUT2D eigenvalue weighted by Gasteiger charge is -2.09. The van der Waals surface area contributed by atoms with Gasteiger partial charge < -0.3 is 5.32 Å². The van der Waals surface area contributed by atoms with Gasteiger partial charge in [-0.15, -0.1) is 0 Å². The Morgan fingerprint density at radius 2 is 2.10 bits per heavy atom. The van der Waals surface area contributed by atoms with E-state index in [-0.39, 0.29) is 4.90 Å². The lowest BCUT2D eigenvalue weighted by molar-refractivity contribution is 0.568. The molecule has 0 saturated carbocycles. The highest BCUT2D eigenvalue weighted by Gasteiger charge is 2.19. The summed E-state index contributed by atoms with van der Waals surface area (Å²) in [5.41, 5.74) is 1.16. The van der Waals surface area contributed by atoms with Gasteiger partial charge in [0.15, 0.2) is 0 Å². The van der Waals surface area contributed by atoms with Crippen molar-refractivity contribution in [3.8, 4) is 0 Å². The highest BCUT2D eigenvalue weighted by molar-refractivity contribution is 7.92. The summed E-state index contributed by atoms with van der Waals surface area (Å²) in [6, 6.07) is 5.73. The lowest BCUT2D eigenvalue weighted by Crippen LogP contribution is -2.16. The maximum absolute atomic E-state index is 13.8. The quantitative estimate of drug-likeness (QED) is 0.862. The van der Waals surface area contributed by atoms with Gasteiger partial charge >= 0.3 is 0 Å². The number of benzene rings is 1. The van der Waals surface area contributed by atoms with E-state index < -0.39 is 15.8 Å². The Bertz CT molecular complexity index is 670. The molecule has 0 bridgehead atoms. The van der Waals surface area contributed by atoms with Crippen LogP contribution in [0.4, 0.5) is 10.1 Å². The fourth-order valence-electron chi connectivity index (χ4n) is 1.67. The van der Waals surface area contributed by atoms with Gasteiger partial charge in [-0.2, -0.15) is 11.3 Å². The van der Waals surface area contributed by atoms with E-state index in [2.05, 4.69) is 10.0 Å². The summed E-state index contributed by atoms with van der Waals surface area (Å²) in [5.74, 6) is -0.757. The summed E-state index contributed by atoms with van der Waals surface area (Å²) in [7, 11) is -3.91. The molecule has 1 aromatic carbocycles. The Morgan fingerprint density at radius 3 is 2.75 bits per heavy atom. The molecule has 0 saturated heterocycles. The van der Waals surface area contributed by atoms with Crippen LogP contribution in [0.2, 0.25) is 0 Å². The maximum atomic E-state index is 13.8. The smallest absolute Gasteiger partial charge is 0.264 e. The molecule has 2 rings (SSSR count). The molecule has 7 heteroatoms. The molecule has 0 unspecified atom stereocenters. The van der Waals surface area contributed by atoms with E-state index in [0.29, 0.717) is 12.2 Å². The van der Waals surface area contributed by atoms with Crippen LogP contribution in [-0.2, 0) is 16.6 Å². The maximum Gasteiger partial charge on any atom is 0.264 e. The first-order valence-corrected chi connectivity index (χ1v) is 8.49. The summed E-state index contributed by atoms with van der Waals surface area (Å²) in [5, 5.41) is 6.47. The fraction of sp³-hybridized carbons (Fsp3) is 0.231. The second kappa shape index (κ2) is 6.34. The standard InChI is InChI=1S/C13H15FN2O2S2/c1-2-15-8-10-3-4-12(14)13(7-10)20(17,18)16-11-5-6-19-9-11/h3-7,9,15-16H,2,8H2,1H3. The number of sulfonamides is 1. The van der Waals surface area contributed by atoms with Crippen molar-refractivity contribution in [2.75, 3.05) is 11.3 Å². The van der Waals surface area contributed by atoms with Gasteiger partial charge in [0.05, 0.1) is 5.69 Å². The van der Waals surface area contributed by atoms with Gasteiger partial charge in [0, 0.05) is 11.9 Å². The summed E-state index contributed by atoms with van der Waals surface area (Å²) >= 11 is 1.36. The molecule has 0 amide bonds. The van der Waals surface area contributed by atoms with E-state index in [9.17, 15) is 12.8 Å². The molecule has 4 nitrogen and oxygen atoms in total. The molecule has 0 spiro atoms. The second-order valence-corrected chi connectivity index (χ2v) is 6.59. The number of halogens is 1. The predicted octanol–water partition coefficient (Wildman–Crippen LogP) is 2.80. The monoisotopic (exact) mass is 314 g/mol. The summed E-state index contributed by atoms with van der Waals surface area (Å²) < 4.78 is 40.5. The fourth-order valence-corrected chi connectivity index (χ4v) is 3.51. The molecule has 1 heterocycles. The van der Waals surface area contributed by atoms with Crippen molar-refractivity contribution in [3.63, 3.8) is 0 Å². The number of anilines is 1. The van der Waals surface area contributed by atoms with E-state index >= 15 is 0 Å². The summed E-state index contributed by atoms with van der Waals surface area (Å²) in [4.78, 5) is -0.334. The molecule has 2 N–H and O–H groups in total. The van der Waals surface area contributed by atoms with Crippen LogP contribution in [0.5, 0.6) is 0 Å². The minimum atomic E-state index is -3.91. The number of nitrogens with one attached hydrogen (secondary N) is 2. The SMILES string of the molecule is CCNCc1ccc(F)c(S(=O)(=O)Nc2ccsc2)c1. The van der Waals surface area contributed by atoms with Crippen LogP contribution in [-0.4, -0.2) is 15.0 Å². The van der Waals surface area contributed by atoms with Crippen LogP contribution in [0.1, 0.15) is 12.5 Å². The van der Waals surface area contributed by atoms with Crippen molar-refractivity contribution >= 4 is 27.0 Å². The first kappa shape index (κ1) is 15.0. The van der Waals surface area contributed by atoms with Gasteiger partial charge in [0.1, 0.15) is 10.7 Å². The van der Waals surface area contributed by atoms with E-state index in [0.717, 1.165) is 12.1 Å². The largest absolute Gasteiger partial charge is 0.313 e. The van der Waals surface area contributed by atoms with Crippen molar-refractivity contribution < 1.29 is 12.8 Å². The van der Waals surface area contributed by atoms with Gasteiger partial charge in [0.25, 0.3) is 10.0 Å². The van der Waals surface area contributed by atoms with Crippen LogP contribution < -0.4 is 10.0 Å². The molecule has 20 heavy (non-hydrogen) atoms. The highest BCUT2D eigenvalue weighted by Crippen LogP contribution is 2.21. The average Bonchev–Trinajstić information content (AvgIpc) is 2.89. The topological polar surface area (TPSA) is 58.2 Å². The van der Waals surface area contributed by atoms with Crippen LogP contribution in [0.25, 0.3) is 0 Å². The minimum absolute atomic E-state index is 0.334. The molecule has 108 valence electrons. The third-order valence-electron chi connectivity index (χ3n) is 2.64. The van der Waals surface area contributed by atoms with Crippen LogP contribution in [0.3, 0.4) is 0 Å². The molecule has 0 aliphatic heterocycles. The second-order valence-electron chi connectivity index (χ2n) is 4.16. The molecule has 0 fully saturated rings. The molecule has 0 aliphatic carbocycles. The third kappa shape index (κ3) is 3.56. The van der Waals surface area contributed by atoms with Crippen LogP contribution in [0, 0.1) is 5.82 Å². The van der Waals surface area contributed by atoms with Gasteiger partial charge in [0.2, 0.25) is 0 Å². The van der Waals surface area contributed by atoms with Gasteiger partial charge in [-0.1, -0.05) is 13.0 Å². The van der Waals surface area contributed by atoms with Gasteiger partial charge in [-0.25, -0.2) is 12.8 Å². The number of thiophene rings is 1. The van der Waals surface area contributed by atoms with E-state index in [4.69, 9.17) is 0 Å². The molecule has 1 aromatic heterocycles. The Kier molecular flexibility index (Phi) is 4.74. The molecule has 0 aliphatic rings. The van der Waals surface area contributed by atoms with Gasteiger partial charge in [-0.3, -0.25) is 4.72 Å². The molecule has 2 aromatic rings. The molecule has 0 atom stereocenters. The van der Waals surface area contributed by atoms with Crippen LogP contribution in [0.15, 0.2) is 39.9 Å². The molecule has 0 radical (unpaired) electrons. The predicted molar refractivity (Wildman–Crippen MR) is 78.9 cm³/mol. The van der Waals surface area contributed by atoms with Crippen molar-refractivity contribution in [3.05, 3.63) is 46.4 Å². The average molecular weight is 314 g/mol. The first-order valence-electron chi connectivity index (χ1n) is 6.07. The zero-order chi connectivity index (χ0) is 14.6. The minimum Gasteiger partial charge on any atom is -0.313 e. The number of hydrogen-bond acceptors (Lipinski definition) is 4. The Labute approximate surface area is 121 Å². The zero-order valence-electron chi connectivity index (χ0n) is 10.9. The summed E-state index contributed by atoms with van der Waals surface area (Å²) in [6.07, 6.45) is 0. The number of rotatable bonds is 6. The Hall–Kier alpha value is -1.44. The Morgan fingerprint density at radius 1 is 1.30 bits per heavy atom. The normalized spacial score (nSPS) is 11.5. The number of hydrogen-bond donors (Lipinski definition) is 2. The lowest BCUT2D eigenvalue weighted by atomic mass is 10.2. The van der Waals surface area contributed by atoms with Crippen LogP contribution >= 0.6 is 11.3 Å². The first-order chi connectivity index (χ1) is 9.53. The van der Waals surface area contributed by atoms with Crippen molar-refractivity contribution in [2.24, 2.45) is 0 Å². The third-order valence-corrected chi connectivity index (χ3v) is 4.72. The highest BCUT2D eigenvalue weighted by atomic mass is 32.2. The van der Waals surface area contributed by atoms with E-state index in [1.54, 1.807) is 22.9 Å². The summed E-state index contributed by atoms with van der Waals surface area (Å²) in [6.45, 7) is 3.20. The van der Waals surface area contributed by atoms with Crippen molar-refractivity contribution in [2.45, 2.75) is 18.4 Å². The van der Waals surface area contributed by atoms with E-state index in [1.807, 2.05) is 6.92 Å². The van der Waals surface area contributed by atoms with E-state index in [1.165, 1.54) is 23.5 Å².